The Morgan fingerprint density at radius 3 is 1.88 bits per heavy atom. The number of carbonyl (C=O) groups excluding carboxylic acids is 2. The summed E-state index contributed by atoms with van der Waals surface area (Å²) in [6.45, 7) is 7.12. The van der Waals surface area contributed by atoms with Crippen LogP contribution in [-0.4, -0.2) is 30.0 Å². The maximum atomic E-state index is 13.2. The fourth-order valence-corrected chi connectivity index (χ4v) is 6.89. The molecule has 0 saturated heterocycles. The summed E-state index contributed by atoms with van der Waals surface area (Å²) in [6.07, 6.45) is -0.386. The Labute approximate surface area is 251 Å². The summed E-state index contributed by atoms with van der Waals surface area (Å²) in [5, 5.41) is 6.58. The lowest BCUT2D eigenvalue weighted by molar-refractivity contribution is -0.139. The first-order valence-corrected chi connectivity index (χ1v) is 14.9. The smallest absolute Gasteiger partial charge is 0.307 e. The molecule has 0 amide bonds. The molecule has 2 atom stereocenters. The van der Waals surface area contributed by atoms with E-state index in [4.69, 9.17) is 14.5 Å². The van der Waals surface area contributed by atoms with Crippen LogP contribution in [0, 0.1) is 5.41 Å². The van der Waals surface area contributed by atoms with Gasteiger partial charge in [-0.1, -0.05) is 105 Å². The molecule has 1 aliphatic rings. The van der Waals surface area contributed by atoms with Gasteiger partial charge in [0, 0.05) is 37.3 Å². The first kappa shape index (κ1) is 29.4. The molecular formula is C35H36N2O4S. The molecular weight excluding hydrogens is 544 g/mol. The number of nitrogens with zero attached hydrogens (tertiary/aromatic N) is 1. The summed E-state index contributed by atoms with van der Waals surface area (Å²) < 4.78 is 11.6. The number of esters is 1. The summed E-state index contributed by atoms with van der Waals surface area (Å²) in [5.41, 5.74) is 3.15. The van der Waals surface area contributed by atoms with Crippen molar-refractivity contribution < 1.29 is 19.1 Å². The van der Waals surface area contributed by atoms with Gasteiger partial charge in [0.05, 0.1) is 5.69 Å². The van der Waals surface area contributed by atoms with E-state index in [1.54, 1.807) is 14.0 Å². The lowest BCUT2D eigenvalue weighted by atomic mass is 9.72. The predicted octanol–water partition coefficient (Wildman–Crippen LogP) is 7.48. The second kappa shape index (κ2) is 12.0. The summed E-state index contributed by atoms with van der Waals surface area (Å²) in [5.74, 6) is -0.632. The number of carbonyl (C=O) groups is 2. The van der Waals surface area contributed by atoms with Crippen LogP contribution in [0.4, 0.5) is 5.13 Å². The van der Waals surface area contributed by atoms with E-state index in [2.05, 4.69) is 41.7 Å². The van der Waals surface area contributed by atoms with Gasteiger partial charge in [0.1, 0.15) is 17.4 Å². The van der Waals surface area contributed by atoms with Crippen LogP contribution < -0.4 is 5.32 Å². The van der Waals surface area contributed by atoms with E-state index in [0.29, 0.717) is 5.57 Å². The van der Waals surface area contributed by atoms with Gasteiger partial charge in [0.15, 0.2) is 10.9 Å². The molecule has 0 aliphatic heterocycles. The standard InChI is InChI=1S/C35H36N2O4S/c1-23-29(39)21-34(3,4)30(32(40-5)31(23)41-24(2)38)28-22-42-33(36-28)37-35(25-15-9-6-10-16-25,26-17-11-7-12-18-26)27-19-13-8-14-20-27/h6-20,22,30,32H,21H2,1-5H3,(H,36,37). The number of thiazole rings is 1. The van der Waals surface area contributed by atoms with Crippen molar-refractivity contribution in [2.75, 3.05) is 12.4 Å². The first-order chi connectivity index (χ1) is 20.2. The van der Waals surface area contributed by atoms with Crippen molar-refractivity contribution in [1.29, 1.82) is 0 Å². The second-order valence-electron chi connectivity index (χ2n) is 11.4. The maximum absolute atomic E-state index is 13.2. The predicted molar refractivity (Wildman–Crippen MR) is 166 cm³/mol. The topological polar surface area (TPSA) is 77.5 Å². The van der Waals surface area contributed by atoms with E-state index < -0.39 is 23.0 Å². The highest BCUT2D eigenvalue weighted by Gasteiger charge is 2.47. The highest BCUT2D eigenvalue weighted by atomic mass is 32.1. The van der Waals surface area contributed by atoms with E-state index in [-0.39, 0.29) is 23.9 Å². The average Bonchev–Trinajstić information content (AvgIpc) is 3.43. The number of rotatable bonds is 8. The van der Waals surface area contributed by atoms with E-state index in [1.165, 1.54) is 18.3 Å². The third-order valence-electron chi connectivity index (χ3n) is 8.07. The molecule has 0 spiro atoms. The van der Waals surface area contributed by atoms with Crippen molar-refractivity contribution in [2.24, 2.45) is 5.41 Å². The van der Waals surface area contributed by atoms with Gasteiger partial charge >= 0.3 is 5.97 Å². The van der Waals surface area contributed by atoms with Gasteiger partial charge < -0.3 is 14.8 Å². The number of methoxy groups -OCH3 is 1. The van der Waals surface area contributed by atoms with Crippen molar-refractivity contribution in [1.82, 2.24) is 4.98 Å². The molecule has 1 aromatic heterocycles. The van der Waals surface area contributed by atoms with Crippen LogP contribution >= 0.6 is 11.3 Å². The number of allylic oxidation sites excluding steroid dienone is 1. The number of anilines is 1. The van der Waals surface area contributed by atoms with Crippen LogP contribution in [0.5, 0.6) is 0 Å². The molecule has 7 heteroatoms. The van der Waals surface area contributed by atoms with Crippen LogP contribution in [0.15, 0.2) is 108 Å². The normalized spacial score (nSPS) is 18.8. The number of benzene rings is 3. The minimum absolute atomic E-state index is 0.0642. The number of ether oxygens (including phenoxy) is 2. The molecule has 0 saturated carbocycles. The molecule has 3 aromatic carbocycles. The van der Waals surface area contributed by atoms with Crippen molar-refractivity contribution >= 4 is 28.2 Å². The van der Waals surface area contributed by atoms with Gasteiger partial charge in [0.2, 0.25) is 0 Å². The summed E-state index contributed by atoms with van der Waals surface area (Å²) in [6, 6.07) is 31.1. The lowest BCUT2D eigenvalue weighted by Gasteiger charge is -2.37. The molecule has 1 N–H and O–H groups in total. The first-order valence-electron chi connectivity index (χ1n) is 14.0. The lowest BCUT2D eigenvalue weighted by Crippen LogP contribution is -2.38. The molecule has 216 valence electrons. The summed E-state index contributed by atoms with van der Waals surface area (Å²) in [7, 11) is 1.58. The second-order valence-corrected chi connectivity index (χ2v) is 12.2. The van der Waals surface area contributed by atoms with Gasteiger partial charge in [-0.25, -0.2) is 4.98 Å². The van der Waals surface area contributed by atoms with Crippen LogP contribution in [-0.2, 0) is 24.6 Å². The summed E-state index contributed by atoms with van der Waals surface area (Å²) >= 11 is 1.50. The number of aromatic nitrogens is 1. The van der Waals surface area contributed by atoms with E-state index in [0.717, 1.165) is 27.5 Å². The molecule has 6 nitrogen and oxygen atoms in total. The largest absolute Gasteiger partial charge is 0.428 e. The summed E-state index contributed by atoms with van der Waals surface area (Å²) in [4.78, 5) is 30.4. The third-order valence-corrected chi connectivity index (χ3v) is 8.85. The molecule has 1 heterocycles. The van der Waals surface area contributed by atoms with Crippen molar-refractivity contribution in [3.05, 3.63) is 130 Å². The fourth-order valence-electron chi connectivity index (χ4n) is 6.08. The number of hydrogen-bond donors (Lipinski definition) is 1. The Bertz CT molecular complexity index is 1480. The Morgan fingerprint density at radius 1 is 0.929 bits per heavy atom. The Balaban J connectivity index is 1.65. The van der Waals surface area contributed by atoms with Crippen molar-refractivity contribution in [3.63, 3.8) is 0 Å². The van der Waals surface area contributed by atoms with Crippen LogP contribution in [0.25, 0.3) is 0 Å². The minimum atomic E-state index is -0.728. The van der Waals surface area contributed by atoms with Crippen LogP contribution in [0.3, 0.4) is 0 Å². The molecule has 0 fully saturated rings. The average molecular weight is 581 g/mol. The zero-order valence-corrected chi connectivity index (χ0v) is 25.4. The Morgan fingerprint density at radius 2 is 1.43 bits per heavy atom. The molecule has 2 unspecified atom stereocenters. The van der Waals surface area contributed by atoms with Gasteiger partial charge in [-0.2, -0.15) is 0 Å². The maximum Gasteiger partial charge on any atom is 0.307 e. The molecule has 0 radical (unpaired) electrons. The monoisotopic (exact) mass is 580 g/mol. The van der Waals surface area contributed by atoms with Gasteiger partial charge in [-0.3, -0.25) is 9.59 Å². The molecule has 4 aromatic rings. The molecule has 42 heavy (non-hydrogen) atoms. The number of hydrogen-bond acceptors (Lipinski definition) is 7. The van der Waals surface area contributed by atoms with E-state index >= 15 is 0 Å². The zero-order valence-electron chi connectivity index (χ0n) is 24.6. The molecule has 5 rings (SSSR count). The van der Waals surface area contributed by atoms with Crippen molar-refractivity contribution in [2.45, 2.75) is 51.7 Å². The molecule has 0 bridgehead atoms. The van der Waals surface area contributed by atoms with Crippen molar-refractivity contribution in [3.8, 4) is 0 Å². The Kier molecular flexibility index (Phi) is 8.43. The highest BCUT2D eigenvalue weighted by Crippen LogP contribution is 2.49. The van der Waals surface area contributed by atoms with Gasteiger partial charge in [0.25, 0.3) is 0 Å². The highest BCUT2D eigenvalue weighted by molar-refractivity contribution is 7.13. The van der Waals surface area contributed by atoms with Gasteiger partial charge in [-0.15, -0.1) is 11.3 Å². The number of ketones is 1. The molecule has 1 aliphatic carbocycles. The third kappa shape index (κ3) is 5.54. The van der Waals surface area contributed by atoms with E-state index in [1.807, 2.05) is 73.8 Å². The zero-order chi connectivity index (χ0) is 29.9. The number of nitrogens with one attached hydrogen (secondary N) is 1. The quantitative estimate of drug-likeness (QED) is 0.172. The SMILES string of the molecule is COC1C(OC(C)=O)=C(C)C(=O)CC(C)(C)C1c1csc(NC(c2ccccc2)(c2ccccc2)c2ccccc2)n1. The number of Topliss-reactive ketones (excluding diaryl/α,β-unsaturated/α-hetero) is 1. The Hall–Kier alpha value is -4.07. The fraction of sp³-hybridized carbons (Fsp3) is 0.286. The van der Waals surface area contributed by atoms with Gasteiger partial charge in [-0.05, 0) is 29.0 Å². The van der Waals surface area contributed by atoms with Crippen LogP contribution in [0.1, 0.15) is 62.4 Å². The van der Waals surface area contributed by atoms with E-state index in [9.17, 15) is 9.59 Å². The van der Waals surface area contributed by atoms with Crippen LogP contribution in [0.2, 0.25) is 0 Å². The minimum Gasteiger partial charge on any atom is -0.428 e.